The van der Waals surface area contributed by atoms with E-state index in [4.69, 9.17) is 21.3 Å². The summed E-state index contributed by atoms with van der Waals surface area (Å²) in [7, 11) is 1.36. The van der Waals surface area contributed by atoms with Crippen LogP contribution in [0.25, 0.3) is 11.3 Å². The maximum absolute atomic E-state index is 15.0. The van der Waals surface area contributed by atoms with Crippen LogP contribution < -0.4 is 10.1 Å². The molecule has 38 heavy (non-hydrogen) atoms. The summed E-state index contributed by atoms with van der Waals surface area (Å²) in [5.41, 5.74) is 4.41. The van der Waals surface area contributed by atoms with E-state index in [0.717, 1.165) is 16.9 Å². The van der Waals surface area contributed by atoms with E-state index >= 15 is 4.39 Å². The molecule has 1 aliphatic carbocycles. The molecule has 0 unspecified atom stereocenters. The molecule has 1 N–H and O–H groups in total. The van der Waals surface area contributed by atoms with Crippen molar-refractivity contribution in [3.05, 3.63) is 77.0 Å². The third-order valence-electron chi connectivity index (χ3n) is 6.41. The van der Waals surface area contributed by atoms with E-state index in [2.05, 4.69) is 43.4 Å². The number of rotatable bonds is 9. The normalized spacial score (nSPS) is 13.2. The van der Waals surface area contributed by atoms with Crippen molar-refractivity contribution in [1.82, 2.24) is 49.9 Å². The van der Waals surface area contributed by atoms with Gasteiger partial charge in [-0.15, -0.1) is 21.8 Å². The van der Waals surface area contributed by atoms with Crippen LogP contribution >= 0.6 is 11.6 Å². The molecule has 5 aromatic rings. The van der Waals surface area contributed by atoms with Crippen LogP contribution in [-0.4, -0.2) is 57.6 Å². The van der Waals surface area contributed by atoms with Crippen molar-refractivity contribution in [1.29, 1.82) is 0 Å². The summed E-state index contributed by atoms with van der Waals surface area (Å²) in [4.78, 5) is 17.5. The molecule has 1 amide bonds. The van der Waals surface area contributed by atoms with Gasteiger partial charge in [0.2, 0.25) is 0 Å². The zero-order chi connectivity index (χ0) is 26.2. The van der Waals surface area contributed by atoms with Gasteiger partial charge in [-0.25, -0.2) is 18.7 Å². The molecule has 6 rings (SSSR count). The Hall–Kier alpha value is -4.39. The van der Waals surface area contributed by atoms with Crippen LogP contribution in [0.1, 0.15) is 51.6 Å². The van der Waals surface area contributed by atoms with Crippen LogP contribution in [0, 0.1) is 5.82 Å². The number of carbonyl (C=O) groups excluding carboxylic acids is 1. The van der Waals surface area contributed by atoms with Crippen LogP contribution in [0.4, 0.5) is 4.39 Å². The summed E-state index contributed by atoms with van der Waals surface area (Å²) in [6.07, 6.45) is 9.28. The number of benzene rings is 1. The number of nitrogens with zero attached hydrogens (tertiary/aromatic N) is 9. The van der Waals surface area contributed by atoms with Gasteiger partial charge in [-0.1, -0.05) is 5.21 Å². The van der Waals surface area contributed by atoms with Crippen molar-refractivity contribution in [3.8, 4) is 11.4 Å². The second kappa shape index (κ2) is 9.82. The first-order valence-corrected chi connectivity index (χ1v) is 12.4. The molecule has 194 valence electrons. The van der Waals surface area contributed by atoms with Crippen molar-refractivity contribution in [3.63, 3.8) is 0 Å². The standard InChI is InChI=1S/C24H22ClFN10O2/c1-38-21-5-4-20(36-13-28-31-33-36)18(22(21)26)8-27-24(37)19-12-35(32-30-19)11-17-10-34-9-16(14-2-3-14)6-15(7-25)23(34)29-17/h4-6,9-10,12-14H,2-3,7-8,11H2,1H3,(H,27,37). The number of carbonyl (C=O) groups is 1. The number of alkyl halides is 1. The lowest BCUT2D eigenvalue weighted by Gasteiger charge is -2.13. The molecule has 1 saturated carbocycles. The van der Waals surface area contributed by atoms with E-state index in [1.54, 1.807) is 6.07 Å². The minimum absolute atomic E-state index is 0.0334. The molecule has 14 heteroatoms. The van der Waals surface area contributed by atoms with Gasteiger partial charge in [0, 0.05) is 30.1 Å². The van der Waals surface area contributed by atoms with Crippen LogP contribution in [0.3, 0.4) is 0 Å². The maximum atomic E-state index is 15.0. The fraction of sp³-hybridized carbons (Fsp3) is 0.292. The topological polar surface area (TPSA) is 130 Å². The Morgan fingerprint density at radius 2 is 2.11 bits per heavy atom. The lowest BCUT2D eigenvalue weighted by molar-refractivity contribution is 0.0945. The first-order valence-electron chi connectivity index (χ1n) is 11.9. The van der Waals surface area contributed by atoms with Gasteiger partial charge in [0.1, 0.15) is 12.0 Å². The number of amides is 1. The van der Waals surface area contributed by atoms with Gasteiger partial charge in [-0.05, 0) is 52.9 Å². The smallest absolute Gasteiger partial charge is 0.273 e. The van der Waals surface area contributed by atoms with Gasteiger partial charge in [-0.2, -0.15) is 0 Å². The van der Waals surface area contributed by atoms with E-state index in [1.807, 2.05) is 10.6 Å². The summed E-state index contributed by atoms with van der Waals surface area (Å²) in [5, 5.41) is 21.7. The van der Waals surface area contributed by atoms with Crippen molar-refractivity contribution in [2.75, 3.05) is 7.11 Å². The second-order valence-corrected chi connectivity index (χ2v) is 9.25. The first kappa shape index (κ1) is 24.0. The number of methoxy groups -OCH3 is 1. The van der Waals surface area contributed by atoms with Crippen LogP contribution in [0.5, 0.6) is 5.75 Å². The summed E-state index contributed by atoms with van der Waals surface area (Å²) in [6, 6.07) is 5.20. The average Bonchev–Trinajstić information content (AvgIpc) is 3.28. The molecule has 0 radical (unpaired) electrons. The van der Waals surface area contributed by atoms with Crippen molar-refractivity contribution >= 4 is 23.2 Å². The Kier molecular flexibility index (Phi) is 6.19. The number of fused-ring (bicyclic) bond motifs is 1. The largest absolute Gasteiger partial charge is 0.494 e. The average molecular weight is 537 g/mol. The number of ether oxygens (including phenoxy) is 1. The van der Waals surface area contributed by atoms with Crippen molar-refractivity contribution in [2.45, 2.75) is 37.7 Å². The molecule has 0 bridgehead atoms. The lowest BCUT2D eigenvalue weighted by atomic mass is 10.1. The second-order valence-electron chi connectivity index (χ2n) is 8.99. The molecule has 0 aliphatic heterocycles. The van der Waals surface area contributed by atoms with Crippen LogP contribution in [-0.2, 0) is 19.0 Å². The molecular formula is C24H22ClFN10O2. The molecule has 1 aromatic carbocycles. The number of aromatic nitrogens is 9. The molecule has 0 spiro atoms. The molecule has 1 fully saturated rings. The summed E-state index contributed by atoms with van der Waals surface area (Å²) in [5.74, 6) is -0.145. The number of hydrogen-bond donors (Lipinski definition) is 1. The maximum Gasteiger partial charge on any atom is 0.273 e. The quantitative estimate of drug-likeness (QED) is 0.285. The highest BCUT2D eigenvalue weighted by molar-refractivity contribution is 6.17. The lowest BCUT2D eigenvalue weighted by Crippen LogP contribution is -2.25. The predicted octanol–water partition coefficient (Wildman–Crippen LogP) is 2.64. The number of nitrogens with one attached hydrogen (secondary N) is 1. The van der Waals surface area contributed by atoms with Gasteiger partial charge >= 0.3 is 0 Å². The monoisotopic (exact) mass is 536 g/mol. The summed E-state index contributed by atoms with van der Waals surface area (Å²) >= 11 is 6.18. The summed E-state index contributed by atoms with van der Waals surface area (Å²) < 4.78 is 24.9. The molecule has 0 saturated heterocycles. The molecule has 1 aliphatic rings. The molecular weight excluding hydrogens is 515 g/mol. The van der Waals surface area contributed by atoms with E-state index in [-0.39, 0.29) is 23.6 Å². The van der Waals surface area contributed by atoms with Crippen molar-refractivity contribution < 1.29 is 13.9 Å². The Morgan fingerprint density at radius 3 is 2.84 bits per heavy atom. The zero-order valence-corrected chi connectivity index (χ0v) is 21.0. The SMILES string of the molecule is COc1ccc(-n2cnnn2)c(CNC(=O)c2cn(Cc3cn4cc(C5CC5)cc(CCl)c4n3)nn2)c1F. The highest BCUT2D eigenvalue weighted by Gasteiger charge is 2.25. The minimum atomic E-state index is -0.627. The summed E-state index contributed by atoms with van der Waals surface area (Å²) in [6.45, 7) is 0.164. The fourth-order valence-corrected chi connectivity index (χ4v) is 4.56. The number of halogens is 2. The molecule has 0 atom stereocenters. The van der Waals surface area contributed by atoms with E-state index in [0.29, 0.717) is 24.0 Å². The zero-order valence-electron chi connectivity index (χ0n) is 20.3. The fourth-order valence-electron chi connectivity index (χ4n) is 4.36. The van der Waals surface area contributed by atoms with E-state index in [9.17, 15) is 4.79 Å². The Morgan fingerprint density at radius 1 is 1.24 bits per heavy atom. The Balaban J connectivity index is 1.18. The van der Waals surface area contributed by atoms with E-state index < -0.39 is 11.7 Å². The minimum Gasteiger partial charge on any atom is -0.494 e. The molecule has 12 nitrogen and oxygen atoms in total. The Bertz CT molecular complexity index is 1630. The first-order chi connectivity index (χ1) is 18.5. The third kappa shape index (κ3) is 4.56. The van der Waals surface area contributed by atoms with Crippen LogP contribution in [0.15, 0.2) is 43.1 Å². The van der Waals surface area contributed by atoms with Gasteiger partial charge in [0.15, 0.2) is 17.3 Å². The molecule has 4 aromatic heterocycles. The van der Waals surface area contributed by atoms with Crippen molar-refractivity contribution in [2.24, 2.45) is 0 Å². The van der Waals surface area contributed by atoms with Gasteiger partial charge in [0.05, 0.1) is 37.1 Å². The number of tetrazole rings is 1. The van der Waals surface area contributed by atoms with Crippen LogP contribution in [0.2, 0.25) is 0 Å². The Labute approximate surface area is 220 Å². The van der Waals surface area contributed by atoms with Gasteiger partial charge < -0.3 is 14.5 Å². The highest BCUT2D eigenvalue weighted by Crippen LogP contribution is 2.40. The van der Waals surface area contributed by atoms with Gasteiger partial charge in [0.25, 0.3) is 5.91 Å². The van der Waals surface area contributed by atoms with E-state index in [1.165, 1.54) is 53.5 Å². The number of hydrogen-bond acceptors (Lipinski definition) is 8. The third-order valence-corrected chi connectivity index (χ3v) is 6.70. The number of imidazole rings is 1. The number of pyridine rings is 1. The van der Waals surface area contributed by atoms with Gasteiger partial charge in [-0.3, -0.25) is 4.79 Å². The highest BCUT2D eigenvalue weighted by atomic mass is 35.5. The predicted molar refractivity (Wildman–Crippen MR) is 133 cm³/mol. The molecule has 4 heterocycles.